The van der Waals surface area contributed by atoms with E-state index in [9.17, 15) is 14.4 Å². The molecule has 4 rings (SSSR count). The minimum absolute atomic E-state index is 0.00324. The van der Waals surface area contributed by atoms with Crippen LogP contribution in [-0.2, 0) is 16.1 Å². The molecule has 0 unspecified atom stereocenters. The molecule has 1 aliphatic heterocycles. The van der Waals surface area contributed by atoms with Crippen molar-refractivity contribution in [2.75, 3.05) is 32.8 Å². The summed E-state index contributed by atoms with van der Waals surface area (Å²) < 4.78 is 6.85. The van der Waals surface area contributed by atoms with Gasteiger partial charge in [-0.05, 0) is 76.0 Å². The van der Waals surface area contributed by atoms with Crippen molar-refractivity contribution in [2.24, 2.45) is 11.8 Å². The van der Waals surface area contributed by atoms with Crippen LogP contribution in [0.4, 0.5) is 4.79 Å². The minimum Gasteiger partial charge on any atom is -0.466 e. The van der Waals surface area contributed by atoms with Crippen molar-refractivity contribution in [2.45, 2.75) is 58.4 Å². The van der Waals surface area contributed by atoms with Crippen molar-refractivity contribution < 1.29 is 19.1 Å². The van der Waals surface area contributed by atoms with Gasteiger partial charge in [-0.1, -0.05) is 5.21 Å². The maximum atomic E-state index is 12.7. The average molecular weight is 485 g/mol. The van der Waals surface area contributed by atoms with Crippen LogP contribution in [-0.4, -0.2) is 70.6 Å². The van der Waals surface area contributed by atoms with E-state index in [1.165, 1.54) is 6.42 Å². The molecule has 0 spiro atoms. The van der Waals surface area contributed by atoms with Gasteiger partial charge in [0.2, 0.25) is 0 Å². The van der Waals surface area contributed by atoms with Gasteiger partial charge in [0.15, 0.2) is 0 Å². The second-order valence-corrected chi connectivity index (χ2v) is 9.48. The smallest absolute Gasteiger partial charge is 0.314 e. The molecule has 2 fully saturated rings. The first kappa shape index (κ1) is 24.9. The van der Waals surface area contributed by atoms with Gasteiger partial charge in [-0.15, -0.1) is 5.10 Å². The van der Waals surface area contributed by atoms with E-state index in [2.05, 4.69) is 20.9 Å². The van der Waals surface area contributed by atoms with Crippen molar-refractivity contribution in [3.8, 4) is 0 Å². The van der Waals surface area contributed by atoms with Gasteiger partial charge in [0.05, 0.1) is 24.6 Å². The Labute approximate surface area is 205 Å². The van der Waals surface area contributed by atoms with Crippen LogP contribution in [0.2, 0.25) is 0 Å². The molecule has 3 amide bonds. The summed E-state index contributed by atoms with van der Waals surface area (Å²) in [6, 6.07) is 5.29. The molecule has 1 aromatic heterocycles. The van der Waals surface area contributed by atoms with Crippen LogP contribution in [0.15, 0.2) is 18.2 Å². The van der Waals surface area contributed by atoms with Gasteiger partial charge in [-0.2, -0.15) is 0 Å². The summed E-state index contributed by atoms with van der Waals surface area (Å²) in [4.78, 5) is 38.7. The largest absolute Gasteiger partial charge is 0.466 e. The van der Waals surface area contributed by atoms with E-state index in [-0.39, 0.29) is 23.8 Å². The molecule has 2 N–H and O–H groups in total. The number of likely N-dealkylation sites (tertiary alicyclic amines) is 1. The van der Waals surface area contributed by atoms with Crippen molar-refractivity contribution in [1.29, 1.82) is 0 Å². The molecule has 0 radical (unpaired) electrons. The highest BCUT2D eigenvalue weighted by Crippen LogP contribution is 2.29. The van der Waals surface area contributed by atoms with Gasteiger partial charge in [0.1, 0.15) is 5.52 Å². The number of urea groups is 1. The normalized spacial score (nSPS) is 20.4. The number of benzene rings is 1. The summed E-state index contributed by atoms with van der Waals surface area (Å²) in [6.07, 6.45) is 6.76. The van der Waals surface area contributed by atoms with Crippen molar-refractivity contribution in [1.82, 2.24) is 30.5 Å². The van der Waals surface area contributed by atoms with Gasteiger partial charge in [0, 0.05) is 31.7 Å². The number of esters is 1. The van der Waals surface area contributed by atoms with Crippen LogP contribution in [0.3, 0.4) is 0 Å². The molecule has 2 aliphatic rings. The monoisotopic (exact) mass is 484 g/mol. The van der Waals surface area contributed by atoms with Crippen LogP contribution < -0.4 is 10.6 Å². The van der Waals surface area contributed by atoms with E-state index < -0.39 is 0 Å². The third-order valence-corrected chi connectivity index (χ3v) is 7.03. The summed E-state index contributed by atoms with van der Waals surface area (Å²) >= 11 is 0. The Bertz CT molecular complexity index is 1020. The highest BCUT2D eigenvalue weighted by atomic mass is 16.5. The number of carbonyl (C=O) groups excluding carboxylic acids is 3. The summed E-state index contributed by atoms with van der Waals surface area (Å²) in [5, 5.41) is 14.2. The number of aromatic nitrogens is 3. The van der Waals surface area contributed by atoms with Crippen molar-refractivity contribution >= 4 is 28.9 Å². The zero-order valence-electron chi connectivity index (χ0n) is 20.5. The van der Waals surface area contributed by atoms with Crippen LogP contribution in [0.25, 0.3) is 11.0 Å². The Morgan fingerprint density at radius 1 is 1.06 bits per heavy atom. The quantitative estimate of drug-likeness (QED) is 0.556. The van der Waals surface area contributed by atoms with Gasteiger partial charge in [0.25, 0.3) is 5.91 Å². The van der Waals surface area contributed by atoms with Gasteiger partial charge < -0.3 is 20.3 Å². The van der Waals surface area contributed by atoms with E-state index in [0.29, 0.717) is 43.2 Å². The molecule has 1 saturated carbocycles. The van der Waals surface area contributed by atoms with E-state index in [1.54, 1.807) is 10.7 Å². The molecule has 190 valence electrons. The number of nitrogens with one attached hydrogen (secondary N) is 2. The van der Waals surface area contributed by atoms with Crippen LogP contribution in [0, 0.1) is 11.8 Å². The third-order valence-electron chi connectivity index (χ3n) is 7.03. The summed E-state index contributed by atoms with van der Waals surface area (Å²) in [5.41, 5.74) is 2.15. The number of nitrogens with zero attached hydrogens (tertiary/aromatic N) is 4. The molecule has 1 saturated heterocycles. The SMILES string of the molecule is CCOC(=O)C1CCC(CNC(=O)NCCn2nnc3cc(C(=O)N4CCCCC4)ccc32)CC1. The Morgan fingerprint density at radius 2 is 1.83 bits per heavy atom. The number of piperidine rings is 1. The number of hydrogen-bond acceptors (Lipinski definition) is 6. The van der Waals surface area contributed by atoms with E-state index in [4.69, 9.17) is 4.74 Å². The summed E-state index contributed by atoms with van der Waals surface area (Å²) in [7, 11) is 0. The lowest BCUT2D eigenvalue weighted by atomic mass is 9.82. The maximum absolute atomic E-state index is 12.7. The number of rotatable bonds is 8. The summed E-state index contributed by atoms with van der Waals surface area (Å²) in [6.45, 7) is 5.36. The minimum atomic E-state index is -0.212. The lowest BCUT2D eigenvalue weighted by molar-refractivity contribution is -0.149. The van der Waals surface area contributed by atoms with Gasteiger partial charge >= 0.3 is 12.0 Å². The summed E-state index contributed by atoms with van der Waals surface area (Å²) in [5.74, 6) is 0.333. The first-order valence-electron chi connectivity index (χ1n) is 12.9. The fraction of sp³-hybridized carbons (Fsp3) is 0.640. The lowest BCUT2D eigenvalue weighted by Gasteiger charge is -2.27. The van der Waals surface area contributed by atoms with E-state index >= 15 is 0 Å². The second-order valence-electron chi connectivity index (χ2n) is 9.48. The van der Waals surface area contributed by atoms with E-state index in [0.717, 1.165) is 57.1 Å². The predicted octanol–water partition coefficient (Wildman–Crippen LogP) is 2.73. The molecule has 10 nitrogen and oxygen atoms in total. The molecule has 35 heavy (non-hydrogen) atoms. The molecule has 0 bridgehead atoms. The molecular formula is C25H36N6O4. The Balaban J connectivity index is 1.19. The van der Waals surface area contributed by atoms with Crippen LogP contribution in [0.1, 0.15) is 62.2 Å². The standard InChI is InChI=1S/C25H36N6O4/c1-2-35-24(33)19-8-6-18(7-9-19)17-27-25(34)26-12-15-31-22-11-10-20(16-21(22)28-29-31)23(32)30-13-4-3-5-14-30/h10-11,16,18-19H,2-9,12-15,17H2,1H3,(H2,26,27,34). The number of hydrogen-bond donors (Lipinski definition) is 2. The van der Waals surface area contributed by atoms with E-state index in [1.807, 2.05) is 24.0 Å². The van der Waals surface area contributed by atoms with Crippen molar-refractivity contribution in [3.05, 3.63) is 23.8 Å². The lowest BCUT2D eigenvalue weighted by Crippen LogP contribution is -2.40. The fourth-order valence-corrected chi connectivity index (χ4v) is 4.99. The molecule has 2 aromatic rings. The highest BCUT2D eigenvalue weighted by molar-refractivity contribution is 5.97. The molecule has 1 aliphatic carbocycles. The van der Waals surface area contributed by atoms with Crippen LogP contribution in [0.5, 0.6) is 0 Å². The van der Waals surface area contributed by atoms with Crippen molar-refractivity contribution in [3.63, 3.8) is 0 Å². The maximum Gasteiger partial charge on any atom is 0.314 e. The third kappa shape index (κ3) is 6.49. The zero-order chi connectivity index (χ0) is 24.6. The second kappa shape index (κ2) is 12.0. The first-order valence-corrected chi connectivity index (χ1v) is 12.9. The molecular weight excluding hydrogens is 448 g/mol. The topological polar surface area (TPSA) is 118 Å². The number of ether oxygens (including phenoxy) is 1. The fourth-order valence-electron chi connectivity index (χ4n) is 4.99. The molecule has 10 heteroatoms. The van der Waals surface area contributed by atoms with Gasteiger partial charge in [-0.25, -0.2) is 9.48 Å². The Kier molecular flexibility index (Phi) is 8.54. The van der Waals surface area contributed by atoms with Crippen LogP contribution >= 0.6 is 0 Å². The molecule has 2 heterocycles. The number of fused-ring (bicyclic) bond motifs is 1. The Hall–Kier alpha value is -3.17. The molecule has 1 aromatic carbocycles. The Morgan fingerprint density at radius 3 is 2.57 bits per heavy atom. The molecule has 0 atom stereocenters. The predicted molar refractivity (Wildman–Crippen MR) is 131 cm³/mol. The first-order chi connectivity index (χ1) is 17.0. The number of amides is 3. The zero-order valence-corrected chi connectivity index (χ0v) is 20.5. The number of carbonyl (C=O) groups is 3. The average Bonchev–Trinajstić information content (AvgIpc) is 3.30. The highest BCUT2D eigenvalue weighted by Gasteiger charge is 2.27. The van der Waals surface area contributed by atoms with Gasteiger partial charge in [-0.3, -0.25) is 9.59 Å².